The molecule has 0 saturated heterocycles. The fourth-order valence-electron chi connectivity index (χ4n) is 1.78. The third-order valence-electron chi connectivity index (χ3n) is 3.12. The Labute approximate surface area is 123 Å². The molecule has 0 aliphatic carbocycles. The molecule has 0 saturated carbocycles. The van der Waals surface area contributed by atoms with Crippen LogP contribution in [0.4, 0.5) is 11.4 Å². The van der Waals surface area contributed by atoms with E-state index >= 15 is 0 Å². The van der Waals surface area contributed by atoms with Gasteiger partial charge in [0.15, 0.2) is 0 Å². The van der Waals surface area contributed by atoms with Gasteiger partial charge in [0.25, 0.3) is 0 Å². The van der Waals surface area contributed by atoms with E-state index in [2.05, 4.69) is 0 Å². The molecule has 2 rings (SSSR count). The molecule has 0 atom stereocenters. The van der Waals surface area contributed by atoms with Crippen molar-refractivity contribution in [3.05, 3.63) is 54.1 Å². The Balaban J connectivity index is 1.96. The maximum absolute atomic E-state index is 12.1. The van der Waals surface area contributed by atoms with Crippen molar-refractivity contribution < 1.29 is 4.79 Å². The van der Waals surface area contributed by atoms with Crippen molar-refractivity contribution in [1.82, 2.24) is 0 Å². The lowest BCUT2D eigenvalue weighted by Gasteiger charge is -2.17. The summed E-state index contributed by atoms with van der Waals surface area (Å²) in [6.45, 7) is 1.97. The third kappa shape index (κ3) is 3.54. The topological polar surface area (TPSA) is 46.3 Å². The molecule has 0 aromatic heterocycles. The Kier molecular flexibility index (Phi) is 4.69. The van der Waals surface area contributed by atoms with Crippen molar-refractivity contribution in [3.8, 4) is 0 Å². The minimum absolute atomic E-state index is 0.0793. The normalized spacial score (nSPS) is 10.3. The van der Waals surface area contributed by atoms with Crippen molar-refractivity contribution in [3.63, 3.8) is 0 Å². The van der Waals surface area contributed by atoms with Gasteiger partial charge in [-0.2, -0.15) is 0 Å². The van der Waals surface area contributed by atoms with Crippen molar-refractivity contribution in [1.29, 1.82) is 0 Å². The monoisotopic (exact) mass is 286 g/mol. The zero-order chi connectivity index (χ0) is 14.5. The summed E-state index contributed by atoms with van der Waals surface area (Å²) in [5, 5.41) is 0. The van der Waals surface area contributed by atoms with Crippen LogP contribution in [0.3, 0.4) is 0 Å². The van der Waals surface area contributed by atoms with Gasteiger partial charge in [-0.05, 0) is 42.8 Å². The SMILES string of the molecule is Cc1cc(SCC(=O)N(C)c2ccccc2)ccc1N. The molecule has 1 amide bonds. The third-order valence-corrected chi connectivity index (χ3v) is 4.10. The number of nitrogens with two attached hydrogens (primary N) is 1. The Morgan fingerprint density at radius 2 is 1.90 bits per heavy atom. The minimum Gasteiger partial charge on any atom is -0.399 e. The molecule has 0 fully saturated rings. The fourth-order valence-corrected chi connectivity index (χ4v) is 2.68. The largest absolute Gasteiger partial charge is 0.399 e. The van der Waals surface area contributed by atoms with Crippen LogP contribution >= 0.6 is 11.8 Å². The predicted molar refractivity (Wildman–Crippen MR) is 86.2 cm³/mol. The zero-order valence-electron chi connectivity index (χ0n) is 11.7. The number of hydrogen-bond acceptors (Lipinski definition) is 3. The van der Waals surface area contributed by atoms with E-state index in [1.165, 1.54) is 11.8 Å². The van der Waals surface area contributed by atoms with Crippen LogP contribution in [0.5, 0.6) is 0 Å². The summed E-state index contributed by atoms with van der Waals surface area (Å²) in [5.41, 5.74) is 8.51. The first-order chi connectivity index (χ1) is 9.58. The summed E-state index contributed by atoms with van der Waals surface area (Å²) in [6, 6.07) is 15.5. The summed E-state index contributed by atoms with van der Waals surface area (Å²) in [6.07, 6.45) is 0. The number of nitrogen functional groups attached to an aromatic ring is 1. The molecule has 2 N–H and O–H groups in total. The number of benzene rings is 2. The van der Waals surface area contributed by atoms with Gasteiger partial charge in [0, 0.05) is 23.3 Å². The number of carbonyl (C=O) groups excluding carboxylic acids is 1. The number of carbonyl (C=O) groups is 1. The number of thioether (sulfide) groups is 1. The lowest BCUT2D eigenvalue weighted by Crippen LogP contribution is -2.27. The summed E-state index contributed by atoms with van der Waals surface area (Å²) in [5.74, 6) is 0.491. The minimum atomic E-state index is 0.0793. The average molecular weight is 286 g/mol. The second-order valence-corrected chi connectivity index (χ2v) is 5.64. The predicted octanol–water partition coefficient (Wildman–Crippen LogP) is 3.33. The van der Waals surface area contributed by atoms with E-state index in [9.17, 15) is 4.79 Å². The second kappa shape index (κ2) is 6.48. The van der Waals surface area contributed by atoms with E-state index < -0.39 is 0 Å². The standard InChI is InChI=1S/C16H18N2OS/c1-12-10-14(8-9-15(12)17)20-11-16(19)18(2)13-6-4-3-5-7-13/h3-10H,11,17H2,1-2H3. The van der Waals surface area contributed by atoms with Gasteiger partial charge in [-0.25, -0.2) is 0 Å². The summed E-state index contributed by atoms with van der Waals surface area (Å²) in [7, 11) is 1.80. The van der Waals surface area contributed by atoms with Crippen LogP contribution < -0.4 is 10.6 Å². The number of aryl methyl sites for hydroxylation is 1. The van der Waals surface area contributed by atoms with Gasteiger partial charge in [0.2, 0.25) is 5.91 Å². The number of anilines is 2. The molecule has 0 heterocycles. The van der Waals surface area contributed by atoms with Crippen LogP contribution in [0.15, 0.2) is 53.4 Å². The van der Waals surface area contributed by atoms with Gasteiger partial charge in [-0.15, -0.1) is 11.8 Å². The molecular weight excluding hydrogens is 268 g/mol. The highest BCUT2D eigenvalue weighted by Crippen LogP contribution is 2.23. The number of hydrogen-bond donors (Lipinski definition) is 1. The molecule has 0 spiro atoms. The summed E-state index contributed by atoms with van der Waals surface area (Å²) >= 11 is 1.53. The molecule has 0 bridgehead atoms. The number of nitrogens with zero attached hydrogens (tertiary/aromatic N) is 1. The Morgan fingerprint density at radius 1 is 1.20 bits per heavy atom. The highest BCUT2D eigenvalue weighted by molar-refractivity contribution is 8.00. The zero-order valence-corrected chi connectivity index (χ0v) is 12.5. The van der Waals surface area contributed by atoms with Gasteiger partial charge in [-0.1, -0.05) is 18.2 Å². The van der Waals surface area contributed by atoms with Crippen LogP contribution in [0.2, 0.25) is 0 Å². The second-order valence-electron chi connectivity index (χ2n) is 4.60. The molecule has 0 aliphatic heterocycles. The smallest absolute Gasteiger partial charge is 0.237 e. The number of para-hydroxylation sites is 1. The van der Waals surface area contributed by atoms with E-state index in [-0.39, 0.29) is 5.91 Å². The highest BCUT2D eigenvalue weighted by atomic mass is 32.2. The first kappa shape index (κ1) is 14.5. The lowest BCUT2D eigenvalue weighted by molar-refractivity contribution is -0.115. The molecule has 0 aliphatic rings. The molecule has 20 heavy (non-hydrogen) atoms. The molecule has 104 valence electrons. The molecular formula is C16H18N2OS. The number of amides is 1. The van der Waals surface area contributed by atoms with Crippen LogP contribution in [0.25, 0.3) is 0 Å². The molecule has 0 radical (unpaired) electrons. The van der Waals surface area contributed by atoms with Crippen molar-refractivity contribution in [2.75, 3.05) is 23.4 Å². The van der Waals surface area contributed by atoms with Crippen molar-refractivity contribution in [2.45, 2.75) is 11.8 Å². The first-order valence-corrected chi connectivity index (χ1v) is 7.37. The van der Waals surface area contributed by atoms with Crippen LogP contribution in [-0.2, 0) is 4.79 Å². The Morgan fingerprint density at radius 3 is 2.55 bits per heavy atom. The maximum Gasteiger partial charge on any atom is 0.237 e. The first-order valence-electron chi connectivity index (χ1n) is 6.38. The van der Waals surface area contributed by atoms with E-state index in [1.54, 1.807) is 11.9 Å². The van der Waals surface area contributed by atoms with Gasteiger partial charge < -0.3 is 10.6 Å². The average Bonchev–Trinajstić information content (AvgIpc) is 2.48. The van der Waals surface area contributed by atoms with Crippen molar-refractivity contribution in [2.24, 2.45) is 0 Å². The van der Waals surface area contributed by atoms with E-state index in [4.69, 9.17) is 5.73 Å². The van der Waals surface area contributed by atoms with E-state index in [0.717, 1.165) is 21.8 Å². The molecule has 3 nitrogen and oxygen atoms in total. The fraction of sp³-hybridized carbons (Fsp3) is 0.188. The summed E-state index contributed by atoms with van der Waals surface area (Å²) < 4.78 is 0. The van der Waals surface area contributed by atoms with Crippen LogP contribution in [-0.4, -0.2) is 18.7 Å². The van der Waals surface area contributed by atoms with Crippen LogP contribution in [0, 0.1) is 6.92 Å². The quantitative estimate of drug-likeness (QED) is 0.692. The molecule has 2 aromatic rings. The molecule has 4 heteroatoms. The van der Waals surface area contributed by atoms with Crippen molar-refractivity contribution >= 4 is 29.0 Å². The summed E-state index contributed by atoms with van der Waals surface area (Å²) in [4.78, 5) is 14.9. The van der Waals surface area contributed by atoms with Gasteiger partial charge >= 0.3 is 0 Å². The van der Waals surface area contributed by atoms with Gasteiger partial charge in [0.05, 0.1) is 5.75 Å². The number of rotatable bonds is 4. The lowest BCUT2D eigenvalue weighted by atomic mass is 10.2. The van der Waals surface area contributed by atoms with E-state index in [1.807, 2.05) is 55.5 Å². The highest BCUT2D eigenvalue weighted by Gasteiger charge is 2.11. The molecule has 0 unspecified atom stereocenters. The van der Waals surface area contributed by atoms with Crippen LogP contribution in [0.1, 0.15) is 5.56 Å². The maximum atomic E-state index is 12.1. The van der Waals surface area contributed by atoms with Gasteiger partial charge in [0.1, 0.15) is 0 Å². The van der Waals surface area contributed by atoms with Gasteiger partial charge in [-0.3, -0.25) is 4.79 Å². The Bertz CT molecular complexity index is 599. The van der Waals surface area contributed by atoms with E-state index in [0.29, 0.717) is 5.75 Å². The Hall–Kier alpha value is -1.94. The molecule has 2 aromatic carbocycles.